The predicted octanol–water partition coefficient (Wildman–Crippen LogP) is 1.24. The molecule has 1 aliphatic heterocycles. The Kier molecular flexibility index (Phi) is 2.28. The number of carboxylic acid groups (broad SMARTS) is 1. The van der Waals surface area contributed by atoms with Crippen molar-refractivity contribution in [3.63, 3.8) is 0 Å². The van der Waals surface area contributed by atoms with E-state index in [-0.39, 0.29) is 11.3 Å². The number of carbonyl (C=O) groups is 1. The molecule has 2 rings (SSSR count). The van der Waals surface area contributed by atoms with Crippen molar-refractivity contribution in [1.82, 2.24) is 5.32 Å². The molecule has 3 nitrogen and oxygen atoms in total. The van der Waals surface area contributed by atoms with Gasteiger partial charge in [-0.2, -0.15) is 0 Å². The molecule has 0 radical (unpaired) electrons. The van der Waals surface area contributed by atoms with Crippen molar-refractivity contribution in [2.45, 2.75) is 32.1 Å². The molecule has 1 saturated heterocycles. The average Bonchev–Trinajstić information content (AvgIpc) is 2.50. The highest BCUT2D eigenvalue weighted by atomic mass is 16.4. The maximum Gasteiger partial charge on any atom is 0.308 e. The molecule has 0 bridgehead atoms. The zero-order valence-electron chi connectivity index (χ0n) is 7.88. The molecule has 0 aromatic carbocycles. The van der Waals surface area contributed by atoms with Gasteiger partial charge in [-0.25, -0.2) is 0 Å². The molecule has 2 N–H and O–H groups in total. The van der Waals surface area contributed by atoms with E-state index in [2.05, 4.69) is 5.32 Å². The van der Waals surface area contributed by atoms with Crippen LogP contribution in [0.1, 0.15) is 32.1 Å². The smallest absolute Gasteiger partial charge is 0.308 e. The van der Waals surface area contributed by atoms with Crippen LogP contribution in [0.15, 0.2) is 0 Å². The molecule has 0 aromatic rings. The first-order valence-corrected chi connectivity index (χ1v) is 5.18. The van der Waals surface area contributed by atoms with E-state index in [9.17, 15) is 4.79 Å². The lowest BCUT2D eigenvalue weighted by atomic mass is 9.68. The van der Waals surface area contributed by atoms with Gasteiger partial charge in [0.1, 0.15) is 0 Å². The van der Waals surface area contributed by atoms with Crippen molar-refractivity contribution in [3.05, 3.63) is 0 Å². The van der Waals surface area contributed by atoms with Crippen LogP contribution in [0.25, 0.3) is 0 Å². The monoisotopic (exact) mass is 183 g/mol. The molecule has 1 spiro atoms. The largest absolute Gasteiger partial charge is 0.481 e. The normalized spacial score (nSPS) is 32.2. The highest BCUT2D eigenvalue weighted by Crippen LogP contribution is 2.44. The second-order valence-electron chi connectivity index (χ2n) is 4.44. The second kappa shape index (κ2) is 3.29. The molecule has 1 heterocycles. The zero-order valence-corrected chi connectivity index (χ0v) is 7.88. The van der Waals surface area contributed by atoms with Crippen molar-refractivity contribution in [2.24, 2.45) is 11.3 Å². The minimum Gasteiger partial charge on any atom is -0.481 e. The van der Waals surface area contributed by atoms with Crippen molar-refractivity contribution >= 4 is 5.97 Å². The summed E-state index contributed by atoms with van der Waals surface area (Å²) in [7, 11) is 0. The molecule has 3 heteroatoms. The zero-order chi connectivity index (χ0) is 9.31. The van der Waals surface area contributed by atoms with Crippen LogP contribution in [0.3, 0.4) is 0 Å². The van der Waals surface area contributed by atoms with Gasteiger partial charge in [-0.05, 0) is 18.3 Å². The Labute approximate surface area is 78.5 Å². The highest BCUT2D eigenvalue weighted by Gasteiger charge is 2.46. The molecular formula is C10H17NO2. The summed E-state index contributed by atoms with van der Waals surface area (Å²) in [4.78, 5) is 11.0. The van der Waals surface area contributed by atoms with Gasteiger partial charge in [0, 0.05) is 13.1 Å². The van der Waals surface area contributed by atoms with Crippen molar-refractivity contribution < 1.29 is 9.90 Å². The van der Waals surface area contributed by atoms with Crippen LogP contribution in [0.5, 0.6) is 0 Å². The van der Waals surface area contributed by atoms with Crippen molar-refractivity contribution in [1.29, 1.82) is 0 Å². The Morgan fingerprint density at radius 2 is 2.00 bits per heavy atom. The summed E-state index contributed by atoms with van der Waals surface area (Å²) in [6.45, 7) is 1.60. The second-order valence-corrected chi connectivity index (χ2v) is 4.44. The van der Waals surface area contributed by atoms with E-state index in [0.29, 0.717) is 6.54 Å². The van der Waals surface area contributed by atoms with Crippen molar-refractivity contribution in [3.8, 4) is 0 Å². The fraction of sp³-hybridized carbons (Fsp3) is 0.900. The van der Waals surface area contributed by atoms with Gasteiger partial charge in [0.2, 0.25) is 0 Å². The third-order valence-electron chi connectivity index (χ3n) is 3.71. The summed E-state index contributed by atoms with van der Waals surface area (Å²) in [5.74, 6) is -0.736. The van der Waals surface area contributed by atoms with E-state index in [1.54, 1.807) is 0 Å². The molecule has 0 aromatic heterocycles. The number of rotatable bonds is 1. The molecule has 2 aliphatic rings. The fourth-order valence-electron chi connectivity index (χ4n) is 2.94. The topological polar surface area (TPSA) is 49.3 Å². The van der Waals surface area contributed by atoms with E-state index in [0.717, 1.165) is 19.4 Å². The maximum absolute atomic E-state index is 11.0. The summed E-state index contributed by atoms with van der Waals surface area (Å²) in [6.07, 6.45) is 5.93. The summed E-state index contributed by atoms with van der Waals surface area (Å²) >= 11 is 0. The molecule has 0 unspecified atom stereocenters. The Morgan fingerprint density at radius 3 is 2.62 bits per heavy atom. The Balaban J connectivity index is 2.13. The van der Waals surface area contributed by atoms with Crippen LogP contribution in [-0.4, -0.2) is 24.2 Å². The van der Waals surface area contributed by atoms with Crippen LogP contribution in [0.2, 0.25) is 0 Å². The molecule has 1 saturated carbocycles. The molecule has 1 aliphatic carbocycles. The highest BCUT2D eigenvalue weighted by molar-refractivity contribution is 5.72. The molecule has 13 heavy (non-hydrogen) atoms. The maximum atomic E-state index is 11.0. The third kappa shape index (κ3) is 1.46. The van der Waals surface area contributed by atoms with Gasteiger partial charge in [-0.1, -0.05) is 19.3 Å². The standard InChI is InChI=1S/C10H17NO2/c12-9(13)8-6-11-7-10(8)4-2-1-3-5-10/h8,11H,1-7H2,(H,12,13)/t8-/m1/s1. The summed E-state index contributed by atoms with van der Waals surface area (Å²) in [6, 6.07) is 0. The summed E-state index contributed by atoms with van der Waals surface area (Å²) < 4.78 is 0. The Hall–Kier alpha value is -0.570. The number of nitrogens with one attached hydrogen (secondary N) is 1. The lowest BCUT2D eigenvalue weighted by molar-refractivity contribution is -0.145. The van der Waals surface area contributed by atoms with Crippen LogP contribution < -0.4 is 5.32 Å². The van der Waals surface area contributed by atoms with Crippen molar-refractivity contribution in [2.75, 3.05) is 13.1 Å². The van der Waals surface area contributed by atoms with E-state index in [1.807, 2.05) is 0 Å². The van der Waals surface area contributed by atoms with Gasteiger partial charge in [0.05, 0.1) is 5.92 Å². The van der Waals surface area contributed by atoms with Crippen LogP contribution in [0.4, 0.5) is 0 Å². The quantitative estimate of drug-likeness (QED) is 0.643. The predicted molar refractivity (Wildman–Crippen MR) is 49.5 cm³/mol. The van der Waals surface area contributed by atoms with Gasteiger partial charge in [0.25, 0.3) is 0 Å². The van der Waals surface area contributed by atoms with E-state index < -0.39 is 5.97 Å². The summed E-state index contributed by atoms with van der Waals surface area (Å²) in [5, 5.41) is 12.3. The van der Waals surface area contributed by atoms with Gasteiger partial charge in [0.15, 0.2) is 0 Å². The average molecular weight is 183 g/mol. The number of hydrogen-bond donors (Lipinski definition) is 2. The molecule has 1 atom stereocenters. The summed E-state index contributed by atoms with van der Waals surface area (Å²) in [5.41, 5.74) is 0.101. The van der Waals surface area contributed by atoms with Gasteiger partial charge < -0.3 is 10.4 Å². The van der Waals surface area contributed by atoms with E-state index in [1.165, 1.54) is 19.3 Å². The number of hydrogen-bond acceptors (Lipinski definition) is 2. The first-order valence-electron chi connectivity index (χ1n) is 5.18. The lowest BCUT2D eigenvalue weighted by Gasteiger charge is -2.36. The first kappa shape index (κ1) is 9.00. The van der Waals surface area contributed by atoms with Crippen LogP contribution >= 0.6 is 0 Å². The first-order chi connectivity index (χ1) is 6.25. The third-order valence-corrected chi connectivity index (χ3v) is 3.71. The van der Waals surface area contributed by atoms with Gasteiger partial charge >= 0.3 is 5.97 Å². The van der Waals surface area contributed by atoms with E-state index >= 15 is 0 Å². The number of carboxylic acids is 1. The minimum absolute atomic E-state index is 0.101. The van der Waals surface area contributed by atoms with Crippen LogP contribution in [-0.2, 0) is 4.79 Å². The lowest BCUT2D eigenvalue weighted by Crippen LogP contribution is -2.36. The Bertz CT molecular complexity index is 209. The molecule has 2 fully saturated rings. The number of aliphatic carboxylic acids is 1. The fourth-order valence-corrected chi connectivity index (χ4v) is 2.94. The van der Waals surface area contributed by atoms with Gasteiger partial charge in [-0.15, -0.1) is 0 Å². The van der Waals surface area contributed by atoms with Crippen LogP contribution in [0, 0.1) is 11.3 Å². The minimum atomic E-state index is -0.605. The molecular weight excluding hydrogens is 166 g/mol. The Morgan fingerprint density at radius 1 is 1.31 bits per heavy atom. The molecule has 0 amide bonds. The van der Waals surface area contributed by atoms with Gasteiger partial charge in [-0.3, -0.25) is 4.79 Å². The SMILES string of the molecule is O=C(O)[C@H]1CNCC12CCCCC2. The molecule has 74 valence electrons. The van der Waals surface area contributed by atoms with E-state index in [4.69, 9.17) is 5.11 Å².